The number of hydrogen-bond acceptors (Lipinski definition) is 4. The maximum Gasteiger partial charge on any atom is 0.0628 e. The predicted octanol–water partition coefficient (Wildman–Crippen LogP) is 6.41. The molecule has 0 bridgehead atoms. The van der Waals surface area contributed by atoms with Crippen molar-refractivity contribution in [1.29, 1.82) is 0 Å². The Labute approximate surface area is 206 Å². The third-order valence-corrected chi connectivity index (χ3v) is 9.13. The summed E-state index contributed by atoms with van der Waals surface area (Å²) in [5.41, 5.74) is 2.68. The van der Waals surface area contributed by atoms with Crippen LogP contribution in [-0.4, -0.2) is 55.7 Å². The molecule has 3 heterocycles. The first-order valence-corrected chi connectivity index (χ1v) is 13.7. The highest BCUT2D eigenvalue weighted by Gasteiger charge is 2.39. The van der Waals surface area contributed by atoms with Gasteiger partial charge in [-0.25, -0.2) is 0 Å². The van der Waals surface area contributed by atoms with Crippen molar-refractivity contribution in [3.63, 3.8) is 0 Å². The molecule has 174 valence electrons. The van der Waals surface area contributed by atoms with Gasteiger partial charge in [0, 0.05) is 49.3 Å². The molecular weight excluding hydrogens is 459 g/mol. The van der Waals surface area contributed by atoms with Crippen LogP contribution in [0.25, 0.3) is 0 Å². The summed E-state index contributed by atoms with van der Waals surface area (Å²) in [6, 6.07) is 8.22. The average Bonchev–Trinajstić information content (AvgIpc) is 3.31. The van der Waals surface area contributed by atoms with E-state index < -0.39 is 0 Å². The number of piperidine rings is 1. The summed E-state index contributed by atoms with van der Waals surface area (Å²) in [6.45, 7) is 6.75. The van der Waals surface area contributed by atoms with Crippen molar-refractivity contribution in [2.24, 2.45) is 17.8 Å². The van der Waals surface area contributed by atoms with Crippen LogP contribution in [0.5, 0.6) is 0 Å². The largest absolute Gasteiger partial charge is 0.381 e. The van der Waals surface area contributed by atoms with Crippen molar-refractivity contribution >= 4 is 34.5 Å². The Bertz CT molecular complexity index is 880. The minimum Gasteiger partial charge on any atom is -0.381 e. The van der Waals surface area contributed by atoms with Gasteiger partial charge in [0.2, 0.25) is 0 Å². The molecule has 3 fully saturated rings. The van der Waals surface area contributed by atoms with E-state index in [0.717, 1.165) is 36.5 Å². The average molecular weight is 494 g/mol. The second kappa shape index (κ2) is 10.3. The molecular formula is C26H34Cl2N2OS. The van der Waals surface area contributed by atoms with Gasteiger partial charge in [0.15, 0.2) is 0 Å². The Kier molecular flexibility index (Phi) is 7.47. The minimum absolute atomic E-state index is 0.502. The standard InChI is InChI=1S/C26H34Cl2N2OS/c1-31-26(18-2-3-18)19-6-9-29(10-7-19)14-22-15-30(16-24(22)21-8-11-32-17-21)13-20-4-5-23(27)12-25(20)28/h4-5,8,11-12,17-19,22,24,26H,2-3,6-7,9-10,13-16H2,1H3/t22?,24?,26-/m0/s1. The van der Waals surface area contributed by atoms with Crippen LogP contribution in [0.4, 0.5) is 0 Å². The first-order chi connectivity index (χ1) is 15.6. The van der Waals surface area contributed by atoms with E-state index in [9.17, 15) is 0 Å². The number of rotatable bonds is 8. The lowest BCUT2D eigenvalue weighted by atomic mass is 9.86. The number of ether oxygens (including phenoxy) is 1. The fourth-order valence-corrected chi connectivity index (χ4v) is 7.21. The van der Waals surface area contributed by atoms with Gasteiger partial charge in [-0.15, -0.1) is 0 Å². The molecule has 3 nitrogen and oxygen atoms in total. The number of methoxy groups -OCH3 is 1. The SMILES string of the molecule is CO[C@@H](C1CC1)C1CCN(CC2CN(Cc3ccc(Cl)cc3Cl)CC2c2ccsc2)CC1. The summed E-state index contributed by atoms with van der Waals surface area (Å²) in [7, 11) is 1.92. The molecule has 0 N–H and O–H groups in total. The van der Waals surface area contributed by atoms with E-state index in [2.05, 4.69) is 32.7 Å². The minimum atomic E-state index is 0.502. The van der Waals surface area contributed by atoms with Gasteiger partial charge in [0.1, 0.15) is 0 Å². The monoisotopic (exact) mass is 492 g/mol. The maximum atomic E-state index is 6.49. The van der Waals surface area contributed by atoms with Crippen LogP contribution in [0.1, 0.15) is 42.7 Å². The van der Waals surface area contributed by atoms with E-state index in [1.807, 2.05) is 30.6 Å². The Morgan fingerprint density at radius 2 is 1.81 bits per heavy atom. The summed E-state index contributed by atoms with van der Waals surface area (Å²) < 4.78 is 5.89. The van der Waals surface area contributed by atoms with Gasteiger partial charge in [0.05, 0.1) is 6.10 Å². The lowest BCUT2D eigenvalue weighted by Gasteiger charge is -2.37. The number of benzene rings is 1. The fourth-order valence-electron chi connectivity index (χ4n) is 6.02. The highest BCUT2D eigenvalue weighted by molar-refractivity contribution is 7.08. The summed E-state index contributed by atoms with van der Waals surface area (Å²) in [5.74, 6) is 2.85. The number of likely N-dealkylation sites (tertiary alicyclic amines) is 2. The van der Waals surface area contributed by atoms with Crippen LogP contribution >= 0.6 is 34.5 Å². The third-order valence-electron chi connectivity index (χ3n) is 7.85. The molecule has 1 aromatic carbocycles. The summed E-state index contributed by atoms with van der Waals surface area (Å²) in [5, 5.41) is 6.05. The van der Waals surface area contributed by atoms with Crippen LogP contribution in [-0.2, 0) is 11.3 Å². The zero-order valence-corrected chi connectivity index (χ0v) is 21.2. The molecule has 2 aromatic rings. The molecule has 2 aliphatic heterocycles. The molecule has 1 saturated carbocycles. The van der Waals surface area contributed by atoms with Crippen LogP contribution in [0.15, 0.2) is 35.0 Å². The van der Waals surface area contributed by atoms with Crippen molar-refractivity contribution in [2.45, 2.75) is 44.2 Å². The maximum absolute atomic E-state index is 6.49. The highest BCUT2D eigenvalue weighted by atomic mass is 35.5. The van der Waals surface area contributed by atoms with Crippen molar-refractivity contribution in [1.82, 2.24) is 9.80 Å². The molecule has 32 heavy (non-hydrogen) atoms. The van der Waals surface area contributed by atoms with E-state index in [1.165, 1.54) is 56.4 Å². The molecule has 0 radical (unpaired) electrons. The zero-order chi connectivity index (χ0) is 22.1. The molecule has 1 aliphatic carbocycles. The molecule has 3 atom stereocenters. The molecule has 2 unspecified atom stereocenters. The Morgan fingerprint density at radius 1 is 1.03 bits per heavy atom. The number of halogens is 2. The quantitative estimate of drug-likeness (QED) is 0.423. The van der Waals surface area contributed by atoms with Gasteiger partial charge in [-0.2, -0.15) is 11.3 Å². The lowest BCUT2D eigenvalue weighted by Crippen LogP contribution is -2.42. The molecule has 2 saturated heterocycles. The smallest absolute Gasteiger partial charge is 0.0628 e. The molecule has 0 spiro atoms. The van der Waals surface area contributed by atoms with Gasteiger partial charge in [-0.3, -0.25) is 4.90 Å². The van der Waals surface area contributed by atoms with Crippen LogP contribution in [0.3, 0.4) is 0 Å². The Balaban J connectivity index is 1.21. The molecule has 0 amide bonds. The molecule has 1 aromatic heterocycles. The molecule has 3 aliphatic rings. The van der Waals surface area contributed by atoms with Crippen molar-refractivity contribution in [3.05, 3.63) is 56.2 Å². The second-order valence-electron chi connectivity index (χ2n) is 10.0. The van der Waals surface area contributed by atoms with E-state index >= 15 is 0 Å². The van der Waals surface area contributed by atoms with E-state index in [1.54, 1.807) is 0 Å². The van der Waals surface area contributed by atoms with E-state index in [0.29, 0.717) is 23.0 Å². The van der Waals surface area contributed by atoms with Crippen molar-refractivity contribution in [3.8, 4) is 0 Å². The van der Waals surface area contributed by atoms with E-state index in [4.69, 9.17) is 27.9 Å². The topological polar surface area (TPSA) is 15.7 Å². The summed E-state index contributed by atoms with van der Waals surface area (Å²) >= 11 is 14.4. The van der Waals surface area contributed by atoms with Gasteiger partial charge >= 0.3 is 0 Å². The third kappa shape index (κ3) is 5.37. The van der Waals surface area contributed by atoms with Crippen LogP contribution in [0, 0.1) is 17.8 Å². The number of nitrogens with zero attached hydrogens (tertiary/aromatic N) is 2. The lowest BCUT2D eigenvalue weighted by molar-refractivity contribution is 0.00527. The van der Waals surface area contributed by atoms with Gasteiger partial charge < -0.3 is 9.64 Å². The number of hydrogen-bond donors (Lipinski definition) is 0. The van der Waals surface area contributed by atoms with Crippen LogP contribution < -0.4 is 0 Å². The number of thiophene rings is 1. The summed E-state index contributed by atoms with van der Waals surface area (Å²) in [4.78, 5) is 5.31. The normalized spacial score (nSPS) is 26.6. The van der Waals surface area contributed by atoms with Crippen LogP contribution in [0.2, 0.25) is 10.0 Å². The molecule has 5 rings (SSSR count). The highest BCUT2D eigenvalue weighted by Crippen LogP contribution is 2.41. The zero-order valence-electron chi connectivity index (χ0n) is 18.9. The van der Waals surface area contributed by atoms with Gasteiger partial charge in [-0.1, -0.05) is 29.3 Å². The Morgan fingerprint density at radius 3 is 2.47 bits per heavy atom. The van der Waals surface area contributed by atoms with Gasteiger partial charge in [-0.05, 0) is 96.6 Å². The second-order valence-corrected chi connectivity index (χ2v) is 11.7. The first-order valence-electron chi connectivity index (χ1n) is 12.0. The first kappa shape index (κ1) is 23.1. The van der Waals surface area contributed by atoms with E-state index in [-0.39, 0.29) is 0 Å². The molecule has 6 heteroatoms. The Hall–Kier alpha value is -0.620. The summed E-state index contributed by atoms with van der Waals surface area (Å²) in [6.07, 6.45) is 5.82. The van der Waals surface area contributed by atoms with Crippen molar-refractivity contribution in [2.75, 3.05) is 39.8 Å². The van der Waals surface area contributed by atoms with Crippen molar-refractivity contribution < 1.29 is 4.74 Å². The predicted molar refractivity (Wildman–Crippen MR) is 135 cm³/mol. The fraction of sp³-hybridized carbons (Fsp3) is 0.615. The van der Waals surface area contributed by atoms with Gasteiger partial charge in [0.25, 0.3) is 0 Å².